The number of ether oxygens (including phenoxy) is 1. The number of sulfonamides is 1. The smallest absolute Gasteiger partial charge is 0.340 e. The SMILES string of the molecule is Cc1cc(C(=O)OCC(=O)c2ccc(NS(C)(=O)=O)cc2)c(C)n1C1CC1. The number of carbonyl (C=O) groups is 2. The van der Waals surface area contributed by atoms with E-state index in [0.717, 1.165) is 30.5 Å². The molecule has 0 bridgehead atoms. The third-order valence-electron chi connectivity index (χ3n) is 4.46. The summed E-state index contributed by atoms with van der Waals surface area (Å²) >= 11 is 0. The fourth-order valence-corrected chi connectivity index (χ4v) is 3.67. The molecule has 1 heterocycles. The van der Waals surface area contributed by atoms with Gasteiger partial charge in [-0.25, -0.2) is 13.2 Å². The second-order valence-electron chi connectivity index (χ2n) is 6.84. The average molecular weight is 390 g/mol. The second kappa shape index (κ2) is 7.19. The van der Waals surface area contributed by atoms with Gasteiger partial charge in [0.1, 0.15) is 0 Å². The van der Waals surface area contributed by atoms with Crippen LogP contribution >= 0.6 is 0 Å². The molecule has 3 rings (SSSR count). The number of nitrogens with one attached hydrogen (secondary N) is 1. The number of benzene rings is 1. The van der Waals surface area contributed by atoms with Crippen LogP contribution in [0.3, 0.4) is 0 Å². The highest BCUT2D eigenvalue weighted by Gasteiger charge is 2.28. The summed E-state index contributed by atoms with van der Waals surface area (Å²) < 4.78 is 32.0. The third-order valence-corrected chi connectivity index (χ3v) is 5.07. The molecule has 2 aromatic rings. The molecule has 1 aliphatic rings. The Bertz CT molecular complexity index is 986. The van der Waals surface area contributed by atoms with Crippen LogP contribution in [0.4, 0.5) is 5.69 Å². The molecule has 1 aromatic carbocycles. The van der Waals surface area contributed by atoms with Gasteiger partial charge in [-0.05, 0) is 57.0 Å². The summed E-state index contributed by atoms with van der Waals surface area (Å²) in [5.74, 6) is -0.871. The molecule has 0 aliphatic heterocycles. The first-order valence-corrected chi connectivity index (χ1v) is 10.5. The van der Waals surface area contributed by atoms with Gasteiger partial charge in [-0.15, -0.1) is 0 Å². The first kappa shape index (κ1) is 19.2. The van der Waals surface area contributed by atoms with Crippen molar-refractivity contribution in [3.05, 3.63) is 52.8 Å². The van der Waals surface area contributed by atoms with Gasteiger partial charge >= 0.3 is 5.97 Å². The van der Waals surface area contributed by atoms with Crippen LogP contribution in [-0.2, 0) is 14.8 Å². The Hall–Kier alpha value is -2.61. The van der Waals surface area contributed by atoms with Gasteiger partial charge in [0.05, 0.1) is 11.8 Å². The highest BCUT2D eigenvalue weighted by atomic mass is 32.2. The highest BCUT2D eigenvalue weighted by molar-refractivity contribution is 7.92. The molecular weight excluding hydrogens is 368 g/mol. The summed E-state index contributed by atoms with van der Waals surface area (Å²) in [6, 6.07) is 8.21. The fraction of sp³-hybridized carbons (Fsp3) is 0.368. The predicted octanol–water partition coefficient (Wildman–Crippen LogP) is 2.85. The van der Waals surface area contributed by atoms with Crippen molar-refractivity contribution in [2.75, 3.05) is 17.6 Å². The molecule has 0 spiro atoms. The van der Waals surface area contributed by atoms with E-state index in [2.05, 4.69) is 9.29 Å². The zero-order valence-corrected chi connectivity index (χ0v) is 16.3. The standard InChI is InChI=1S/C19H22N2O5S/c1-12-10-17(13(2)21(12)16-8-9-16)19(23)26-11-18(22)14-4-6-15(7-5-14)20-27(3,24)25/h4-7,10,16,20H,8-9,11H2,1-3H3. The molecule has 0 amide bonds. The number of rotatable bonds is 7. The van der Waals surface area contributed by atoms with Crippen LogP contribution in [-0.4, -0.2) is 37.6 Å². The number of anilines is 1. The lowest BCUT2D eigenvalue weighted by atomic mass is 10.1. The Labute approximate surface area is 158 Å². The fourth-order valence-electron chi connectivity index (χ4n) is 3.11. The summed E-state index contributed by atoms with van der Waals surface area (Å²) in [7, 11) is -3.38. The first-order chi connectivity index (χ1) is 12.7. The van der Waals surface area contributed by atoms with Crippen LogP contribution in [0.25, 0.3) is 0 Å². The molecule has 144 valence electrons. The molecule has 0 radical (unpaired) electrons. The van der Waals surface area contributed by atoms with Crippen molar-refractivity contribution in [2.24, 2.45) is 0 Å². The monoisotopic (exact) mass is 390 g/mol. The number of carbonyl (C=O) groups excluding carboxylic acids is 2. The quantitative estimate of drug-likeness (QED) is 0.579. The van der Waals surface area contributed by atoms with Gasteiger partial charge in [0, 0.05) is 28.7 Å². The summed E-state index contributed by atoms with van der Waals surface area (Å²) in [6.45, 7) is 3.47. The molecule has 1 aliphatic carbocycles. The van der Waals surface area contributed by atoms with E-state index in [1.807, 2.05) is 13.8 Å². The normalized spacial score (nSPS) is 14.0. The number of nitrogens with zero attached hydrogens (tertiary/aromatic N) is 1. The Kier molecular flexibility index (Phi) is 5.10. The number of hydrogen-bond acceptors (Lipinski definition) is 5. The van der Waals surface area contributed by atoms with Crippen LogP contribution in [0, 0.1) is 13.8 Å². The largest absolute Gasteiger partial charge is 0.454 e. The minimum Gasteiger partial charge on any atom is -0.454 e. The predicted molar refractivity (Wildman–Crippen MR) is 102 cm³/mol. The van der Waals surface area contributed by atoms with Gasteiger partial charge in [-0.2, -0.15) is 0 Å². The van der Waals surface area contributed by atoms with Crippen molar-refractivity contribution in [3.8, 4) is 0 Å². The lowest BCUT2D eigenvalue weighted by Crippen LogP contribution is -2.15. The lowest BCUT2D eigenvalue weighted by molar-refractivity contribution is 0.0474. The van der Waals surface area contributed by atoms with E-state index in [1.54, 1.807) is 6.07 Å². The van der Waals surface area contributed by atoms with Crippen LogP contribution in [0.1, 0.15) is 51.0 Å². The molecule has 0 atom stereocenters. The minimum absolute atomic E-state index is 0.338. The number of Topliss-reactive ketones (excluding diaryl/α,β-unsaturated/α-hetero) is 1. The number of esters is 1. The van der Waals surface area contributed by atoms with Gasteiger partial charge in [0.2, 0.25) is 10.0 Å². The molecule has 7 nitrogen and oxygen atoms in total. The van der Waals surface area contributed by atoms with Gasteiger partial charge in [-0.1, -0.05) is 0 Å². The maximum absolute atomic E-state index is 12.4. The minimum atomic E-state index is -3.38. The van der Waals surface area contributed by atoms with Crippen molar-refractivity contribution in [3.63, 3.8) is 0 Å². The van der Waals surface area contributed by atoms with Crippen LogP contribution in [0.5, 0.6) is 0 Å². The number of aryl methyl sites for hydroxylation is 1. The van der Waals surface area contributed by atoms with Crippen molar-refractivity contribution in [1.82, 2.24) is 4.57 Å². The molecule has 1 fully saturated rings. The summed E-state index contributed by atoms with van der Waals surface area (Å²) in [5.41, 5.74) is 3.06. The first-order valence-electron chi connectivity index (χ1n) is 8.62. The maximum atomic E-state index is 12.4. The van der Waals surface area contributed by atoms with E-state index >= 15 is 0 Å². The van der Waals surface area contributed by atoms with E-state index in [4.69, 9.17) is 4.74 Å². The number of hydrogen-bond donors (Lipinski definition) is 1. The summed E-state index contributed by atoms with van der Waals surface area (Å²) in [5, 5.41) is 0. The number of ketones is 1. The molecule has 0 saturated heterocycles. The van der Waals surface area contributed by atoms with Crippen LogP contribution in [0.2, 0.25) is 0 Å². The summed E-state index contributed by atoms with van der Waals surface area (Å²) in [4.78, 5) is 24.6. The number of aromatic nitrogens is 1. The van der Waals surface area contributed by atoms with Crippen LogP contribution < -0.4 is 4.72 Å². The van der Waals surface area contributed by atoms with Crippen molar-refractivity contribution < 1.29 is 22.7 Å². The molecule has 1 saturated carbocycles. The topological polar surface area (TPSA) is 94.5 Å². The zero-order valence-electron chi connectivity index (χ0n) is 15.5. The van der Waals surface area contributed by atoms with Crippen molar-refractivity contribution in [2.45, 2.75) is 32.7 Å². The van der Waals surface area contributed by atoms with E-state index in [9.17, 15) is 18.0 Å². The molecule has 27 heavy (non-hydrogen) atoms. The molecule has 1 N–H and O–H groups in total. The maximum Gasteiger partial charge on any atom is 0.340 e. The van der Waals surface area contributed by atoms with Crippen molar-refractivity contribution >= 4 is 27.5 Å². The van der Waals surface area contributed by atoms with E-state index < -0.39 is 16.0 Å². The third kappa shape index (κ3) is 4.57. The molecule has 1 aromatic heterocycles. The van der Waals surface area contributed by atoms with Crippen molar-refractivity contribution in [1.29, 1.82) is 0 Å². The van der Waals surface area contributed by atoms with Gasteiger partial charge < -0.3 is 9.30 Å². The summed E-state index contributed by atoms with van der Waals surface area (Å²) in [6.07, 6.45) is 3.28. The van der Waals surface area contributed by atoms with Gasteiger partial charge in [-0.3, -0.25) is 9.52 Å². The second-order valence-corrected chi connectivity index (χ2v) is 8.59. The molecule has 0 unspecified atom stereocenters. The Balaban J connectivity index is 1.62. The van der Waals surface area contributed by atoms with E-state index in [0.29, 0.717) is 22.9 Å². The molecule has 8 heteroatoms. The van der Waals surface area contributed by atoms with Gasteiger partial charge in [0.15, 0.2) is 12.4 Å². The van der Waals surface area contributed by atoms with E-state index in [-0.39, 0.29) is 12.4 Å². The van der Waals surface area contributed by atoms with Crippen LogP contribution in [0.15, 0.2) is 30.3 Å². The van der Waals surface area contributed by atoms with Gasteiger partial charge in [0.25, 0.3) is 0 Å². The molecular formula is C19H22N2O5S. The lowest BCUT2D eigenvalue weighted by Gasteiger charge is -2.08. The Morgan fingerprint density at radius 2 is 1.81 bits per heavy atom. The highest BCUT2D eigenvalue weighted by Crippen LogP contribution is 2.38. The Morgan fingerprint density at radius 1 is 1.19 bits per heavy atom. The Morgan fingerprint density at radius 3 is 2.37 bits per heavy atom. The average Bonchev–Trinajstić information content (AvgIpc) is 3.37. The zero-order chi connectivity index (χ0) is 19.8. The van der Waals surface area contributed by atoms with E-state index in [1.165, 1.54) is 24.3 Å².